The van der Waals surface area contributed by atoms with Crippen LogP contribution >= 0.6 is 0 Å². The Kier molecular flexibility index (Phi) is 9.06. The standard InChI is InChI=1S/C13H27N3O/c1-5-15-13(2,12-14)8-6-7-9-16(3)10-11-17-4/h15H,5-11H2,1-4H3. The van der Waals surface area contributed by atoms with E-state index in [2.05, 4.69) is 23.3 Å². The number of unbranched alkanes of at least 4 members (excludes halogenated alkanes) is 1. The molecular weight excluding hydrogens is 214 g/mol. The predicted octanol–water partition coefficient (Wildman–Crippen LogP) is 1.63. The van der Waals surface area contributed by atoms with E-state index >= 15 is 0 Å². The third-order valence-corrected chi connectivity index (χ3v) is 2.96. The first-order valence-electron chi connectivity index (χ1n) is 6.41. The second kappa shape index (κ2) is 9.41. The number of rotatable bonds is 10. The van der Waals surface area contributed by atoms with Crippen LogP contribution in [-0.2, 0) is 4.74 Å². The highest BCUT2D eigenvalue weighted by molar-refractivity contribution is 5.03. The van der Waals surface area contributed by atoms with Gasteiger partial charge >= 0.3 is 0 Å². The van der Waals surface area contributed by atoms with Crippen LogP contribution in [-0.4, -0.2) is 50.8 Å². The molecule has 1 unspecified atom stereocenters. The van der Waals surface area contributed by atoms with Crippen LogP contribution in [0.4, 0.5) is 0 Å². The van der Waals surface area contributed by atoms with E-state index in [0.717, 1.165) is 45.5 Å². The van der Waals surface area contributed by atoms with Crippen molar-refractivity contribution in [1.82, 2.24) is 10.2 Å². The molecule has 0 rings (SSSR count). The molecule has 0 aliphatic carbocycles. The number of nitrogens with zero attached hydrogens (tertiary/aromatic N) is 2. The first-order valence-corrected chi connectivity index (χ1v) is 6.41. The Morgan fingerprint density at radius 3 is 2.59 bits per heavy atom. The Bertz CT molecular complexity index is 227. The zero-order valence-electron chi connectivity index (χ0n) is 11.8. The van der Waals surface area contributed by atoms with Crippen molar-refractivity contribution in [3.63, 3.8) is 0 Å². The summed E-state index contributed by atoms with van der Waals surface area (Å²) in [7, 11) is 3.83. The average Bonchev–Trinajstić information content (AvgIpc) is 2.32. The molecule has 0 aromatic heterocycles. The SMILES string of the molecule is CCNC(C)(C#N)CCCCN(C)CCOC. The van der Waals surface area contributed by atoms with Gasteiger partial charge in [0.05, 0.1) is 12.7 Å². The molecule has 4 heteroatoms. The van der Waals surface area contributed by atoms with Gasteiger partial charge in [-0.05, 0) is 46.3 Å². The Labute approximate surface area is 106 Å². The normalized spacial score (nSPS) is 14.6. The Hall–Kier alpha value is -0.630. The lowest BCUT2D eigenvalue weighted by atomic mass is 9.96. The molecule has 4 nitrogen and oxygen atoms in total. The molecule has 0 aliphatic heterocycles. The Balaban J connectivity index is 3.65. The van der Waals surface area contributed by atoms with Crippen molar-refractivity contribution in [2.24, 2.45) is 0 Å². The van der Waals surface area contributed by atoms with Gasteiger partial charge in [-0.2, -0.15) is 5.26 Å². The molecule has 0 radical (unpaired) electrons. The van der Waals surface area contributed by atoms with E-state index in [1.807, 2.05) is 13.8 Å². The summed E-state index contributed by atoms with van der Waals surface area (Å²) < 4.78 is 5.03. The van der Waals surface area contributed by atoms with E-state index in [1.165, 1.54) is 0 Å². The monoisotopic (exact) mass is 241 g/mol. The summed E-state index contributed by atoms with van der Waals surface area (Å²) in [5, 5.41) is 12.3. The summed E-state index contributed by atoms with van der Waals surface area (Å²) >= 11 is 0. The second-order valence-corrected chi connectivity index (χ2v) is 4.73. The third-order valence-electron chi connectivity index (χ3n) is 2.96. The maximum atomic E-state index is 9.10. The molecule has 0 amide bonds. The quantitative estimate of drug-likeness (QED) is 0.591. The minimum atomic E-state index is -0.361. The van der Waals surface area contributed by atoms with Crippen LogP contribution in [0.3, 0.4) is 0 Å². The summed E-state index contributed by atoms with van der Waals surface area (Å²) in [5.41, 5.74) is -0.361. The highest BCUT2D eigenvalue weighted by Gasteiger charge is 2.21. The molecular formula is C13H27N3O. The van der Waals surface area contributed by atoms with Gasteiger partial charge in [-0.1, -0.05) is 6.92 Å². The van der Waals surface area contributed by atoms with Gasteiger partial charge < -0.3 is 9.64 Å². The fourth-order valence-corrected chi connectivity index (χ4v) is 1.79. The van der Waals surface area contributed by atoms with Crippen molar-refractivity contribution < 1.29 is 4.74 Å². The van der Waals surface area contributed by atoms with Gasteiger partial charge in [0.1, 0.15) is 5.54 Å². The van der Waals surface area contributed by atoms with Gasteiger partial charge in [0.2, 0.25) is 0 Å². The molecule has 1 atom stereocenters. The maximum Gasteiger partial charge on any atom is 0.103 e. The molecule has 0 heterocycles. The van der Waals surface area contributed by atoms with Gasteiger partial charge in [0.25, 0.3) is 0 Å². The van der Waals surface area contributed by atoms with E-state index in [0.29, 0.717) is 0 Å². The largest absolute Gasteiger partial charge is 0.383 e. The van der Waals surface area contributed by atoms with Crippen molar-refractivity contribution in [2.75, 3.05) is 40.4 Å². The first kappa shape index (κ1) is 16.4. The minimum absolute atomic E-state index is 0.361. The van der Waals surface area contributed by atoms with Crippen LogP contribution in [0.2, 0.25) is 0 Å². The van der Waals surface area contributed by atoms with Gasteiger partial charge in [0.15, 0.2) is 0 Å². The summed E-state index contributed by atoms with van der Waals surface area (Å²) in [5.74, 6) is 0. The lowest BCUT2D eigenvalue weighted by molar-refractivity contribution is 0.160. The number of hydrogen-bond donors (Lipinski definition) is 1. The van der Waals surface area contributed by atoms with Crippen molar-refractivity contribution in [2.45, 2.75) is 38.6 Å². The number of nitrogens with one attached hydrogen (secondary N) is 1. The zero-order valence-corrected chi connectivity index (χ0v) is 11.8. The summed E-state index contributed by atoms with van der Waals surface area (Å²) in [6.45, 7) is 7.68. The molecule has 0 saturated heterocycles. The highest BCUT2D eigenvalue weighted by atomic mass is 16.5. The summed E-state index contributed by atoms with van der Waals surface area (Å²) in [6.07, 6.45) is 3.12. The van der Waals surface area contributed by atoms with Gasteiger partial charge in [-0.25, -0.2) is 0 Å². The van der Waals surface area contributed by atoms with Crippen molar-refractivity contribution in [3.05, 3.63) is 0 Å². The molecule has 0 saturated carbocycles. The number of hydrogen-bond acceptors (Lipinski definition) is 4. The minimum Gasteiger partial charge on any atom is -0.383 e. The molecule has 1 N–H and O–H groups in total. The molecule has 0 aromatic rings. The van der Waals surface area contributed by atoms with Crippen molar-refractivity contribution >= 4 is 0 Å². The predicted molar refractivity (Wildman–Crippen MR) is 70.9 cm³/mol. The average molecular weight is 241 g/mol. The van der Waals surface area contributed by atoms with Gasteiger partial charge in [0, 0.05) is 13.7 Å². The summed E-state index contributed by atoms with van der Waals surface area (Å²) in [4.78, 5) is 2.26. The summed E-state index contributed by atoms with van der Waals surface area (Å²) in [6, 6.07) is 2.36. The van der Waals surface area contributed by atoms with E-state index in [9.17, 15) is 0 Å². The van der Waals surface area contributed by atoms with Crippen LogP contribution in [0.25, 0.3) is 0 Å². The Morgan fingerprint density at radius 1 is 1.35 bits per heavy atom. The molecule has 0 aromatic carbocycles. The zero-order chi connectivity index (χ0) is 13.1. The molecule has 0 bridgehead atoms. The van der Waals surface area contributed by atoms with Crippen LogP contribution < -0.4 is 5.32 Å². The smallest absolute Gasteiger partial charge is 0.103 e. The second-order valence-electron chi connectivity index (χ2n) is 4.73. The third kappa shape index (κ3) is 8.14. The van der Waals surface area contributed by atoms with E-state index < -0.39 is 0 Å². The fraction of sp³-hybridized carbons (Fsp3) is 0.923. The molecule has 0 fully saturated rings. The molecule has 0 spiro atoms. The molecule has 100 valence electrons. The number of methoxy groups -OCH3 is 1. The fourth-order valence-electron chi connectivity index (χ4n) is 1.79. The molecule has 0 aliphatic rings. The lowest BCUT2D eigenvalue weighted by Crippen LogP contribution is -2.40. The van der Waals surface area contributed by atoms with Crippen molar-refractivity contribution in [3.8, 4) is 6.07 Å². The number of likely N-dealkylation sites (N-methyl/N-ethyl adjacent to an activating group) is 1. The van der Waals surface area contributed by atoms with Gasteiger partial charge in [-0.15, -0.1) is 0 Å². The highest BCUT2D eigenvalue weighted by Crippen LogP contribution is 2.12. The molecule has 17 heavy (non-hydrogen) atoms. The Morgan fingerprint density at radius 2 is 2.06 bits per heavy atom. The van der Waals surface area contributed by atoms with Crippen LogP contribution in [0.1, 0.15) is 33.1 Å². The number of ether oxygens (including phenoxy) is 1. The van der Waals surface area contributed by atoms with E-state index in [4.69, 9.17) is 10.00 Å². The van der Waals surface area contributed by atoms with Crippen LogP contribution in [0.5, 0.6) is 0 Å². The van der Waals surface area contributed by atoms with E-state index in [1.54, 1.807) is 7.11 Å². The van der Waals surface area contributed by atoms with Crippen LogP contribution in [0.15, 0.2) is 0 Å². The van der Waals surface area contributed by atoms with Crippen LogP contribution in [0, 0.1) is 11.3 Å². The number of nitriles is 1. The van der Waals surface area contributed by atoms with E-state index in [-0.39, 0.29) is 5.54 Å². The maximum absolute atomic E-state index is 9.10. The van der Waals surface area contributed by atoms with Gasteiger partial charge in [-0.3, -0.25) is 5.32 Å². The topological polar surface area (TPSA) is 48.3 Å². The first-order chi connectivity index (χ1) is 8.08. The van der Waals surface area contributed by atoms with Crippen molar-refractivity contribution in [1.29, 1.82) is 5.26 Å². The lowest BCUT2D eigenvalue weighted by Gasteiger charge is -2.23.